The predicted molar refractivity (Wildman–Crippen MR) is 48.0 cm³/mol. The Morgan fingerprint density at radius 2 is 1.94 bits per heavy atom. The van der Waals surface area contributed by atoms with Crippen molar-refractivity contribution >= 4 is 11.9 Å². The highest BCUT2D eigenvalue weighted by Crippen LogP contribution is 2.37. The number of esters is 2. The summed E-state index contributed by atoms with van der Waals surface area (Å²) in [6.45, 7) is 1.51. The number of alkyl halides is 2. The molecule has 17 heavy (non-hydrogen) atoms. The fourth-order valence-electron chi connectivity index (χ4n) is 1.38. The molecule has 3 atom stereocenters. The van der Waals surface area contributed by atoms with Gasteiger partial charge < -0.3 is 19.3 Å². The molecule has 6 nitrogen and oxygen atoms in total. The highest BCUT2D eigenvalue weighted by molar-refractivity contribution is 5.66. The number of hydrogen-bond donors (Lipinski definition) is 1. The Morgan fingerprint density at radius 1 is 1.35 bits per heavy atom. The summed E-state index contributed by atoms with van der Waals surface area (Å²) in [6.07, 6.45) is -5.77. The third-order valence-corrected chi connectivity index (χ3v) is 2.09. The van der Waals surface area contributed by atoms with Crippen molar-refractivity contribution in [2.75, 3.05) is 6.61 Å². The zero-order valence-electron chi connectivity index (χ0n) is 9.18. The Balaban J connectivity index is 2.74. The molecule has 0 aliphatic carbocycles. The van der Waals surface area contributed by atoms with Gasteiger partial charge in [-0.2, -0.15) is 8.78 Å². The molecule has 1 aliphatic rings. The minimum Gasteiger partial charge on any atom is -0.463 e. The second-order valence-corrected chi connectivity index (χ2v) is 3.53. The van der Waals surface area contributed by atoms with Gasteiger partial charge in [0.05, 0.1) is 0 Å². The fraction of sp³-hybridized carbons (Fsp3) is 0.778. The van der Waals surface area contributed by atoms with E-state index in [4.69, 9.17) is 5.11 Å². The maximum absolute atomic E-state index is 13.3. The number of aliphatic hydroxyl groups is 1. The number of rotatable bonds is 3. The summed E-state index contributed by atoms with van der Waals surface area (Å²) in [7, 11) is 0. The van der Waals surface area contributed by atoms with E-state index in [9.17, 15) is 18.4 Å². The quantitative estimate of drug-likeness (QED) is 0.704. The van der Waals surface area contributed by atoms with E-state index < -0.39 is 43.0 Å². The molecular formula is C9H12F2O6. The molecule has 0 amide bonds. The van der Waals surface area contributed by atoms with Gasteiger partial charge in [-0.25, -0.2) is 0 Å². The van der Waals surface area contributed by atoms with Crippen LogP contribution >= 0.6 is 0 Å². The average Bonchev–Trinajstić information content (AvgIpc) is 2.38. The number of carbonyl (C=O) groups excluding carboxylic acids is 2. The van der Waals surface area contributed by atoms with Crippen molar-refractivity contribution in [3.63, 3.8) is 0 Å². The Bertz CT molecular complexity index is 319. The van der Waals surface area contributed by atoms with Gasteiger partial charge in [0.2, 0.25) is 6.29 Å². The molecule has 0 aromatic carbocycles. The molecule has 1 heterocycles. The maximum Gasteiger partial charge on any atom is 0.336 e. The van der Waals surface area contributed by atoms with Crippen LogP contribution in [-0.4, -0.2) is 48.1 Å². The number of ether oxygens (including phenoxy) is 3. The molecule has 1 unspecified atom stereocenters. The zero-order chi connectivity index (χ0) is 13.2. The first-order valence-electron chi connectivity index (χ1n) is 4.77. The normalized spacial score (nSPS) is 31.0. The van der Waals surface area contributed by atoms with Gasteiger partial charge >= 0.3 is 17.9 Å². The van der Waals surface area contributed by atoms with Crippen LogP contribution in [0.25, 0.3) is 0 Å². The minimum absolute atomic E-state index is 0.528. The Morgan fingerprint density at radius 3 is 2.41 bits per heavy atom. The van der Waals surface area contributed by atoms with Gasteiger partial charge in [0.1, 0.15) is 12.7 Å². The molecule has 0 aromatic rings. The highest BCUT2D eigenvalue weighted by Gasteiger charge is 2.61. The number of halogens is 2. The van der Waals surface area contributed by atoms with Crippen LogP contribution in [0, 0.1) is 0 Å². The lowest BCUT2D eigenvalue weighted by Gasteiger charge is -2.21. The molecule has 1 saturated heterocycles. The summed E-state index contributed by atoms with van der Waals surface area (Å²) in [6, 6.07) is 0. The van der Waals surface area contributed by atoms with E-state index in [2.05, 4.69) is 14.2 Å². The van der Waals surface area contributed by atoms with Crippen LogP contribution in [0.15, 0.2) is 0 Å². The smallest absolute Gasteiger partial charge is 0.336 e. The Hall–Kier alpha value is -1.28. The Labute approximate surface area is 95.4 Å². The monoisotopic (exact) mass is 254 g/mol. The van der Waals surface area contributed by atoms with Crippen molar-refractivity contribution in [1.29, 1.82) is 0 Å². The SMILES string of the molecule is CC(=O)OC[C@H]1OC(O)C(F)(F)[C@@H]1OC(C)=O. The summed E-state index contributed by atoms with van der Waals surface area (Å²) in [5.74, 6) is -5.38. The van der Waals surface area contributed by atoms with Gasteiger partial charge in [0.25, 0.3) is 0 Å². The molecular weight excluding hydrogens is 242 g/mol. The van der Waals surface area contributed by atoms with Gasteiger partial charge in [-0.1, -0.05) is 0 Å². The molecule has 1 aliphatic heterocycles. The third kappa shape index (κ3) is 3.10. The van der Waals surface area contributed by atoms with Gasteiger partial charge in [-0.15, -0.1) is 0 Å². The summed E-state index contributed by atoms with van der Waals surface area (Å²) in [5.41, 5.74) is 0. The fourth-order valence-corrected chi connectivity index (χ4v) is 1.38. The van der Waals surface area contributed by atoms with Crippen LogP contribution < -0.4 is 0 Å². The predicted octanol–water partition coefficient (Wildman–Crippen LogP) is -0.166. The molecule has 0 radical (unpaired) electrons. The molecule has 0 spiro atoms. The summed E-state index contributed by atoms with van der Waals surface area (Å²) < 4.78 is 40.0. The molecule has 1 rings (SSSR count). The lowest BCUT2D eigenvalue weighted by Crippen LogP contribution is -2.44. The van der Waals surface area contributed by atoms with Gasteiger partial charge in [0, 0.05) is 13.8 Å². The molecule has 98 valence electrons. The maximum atomic E-state index is 13.3. The molecule has 1 N–H and O–H groups in total. The number of aliphatic hydroxyl groups excluding tert-OH is 1. The summed E-state index contributed by atoms with van der Waals surface area (Å²) in [5, 5.41) is 8.97. The van der Waals surface area contributed by atoms with Gasteiger partial charge in [0.15, 0.2) is 6.10 Å². The second-order valence-electron chi connectivity index (χ2n) is 3.53. The van der Waals surface area contributed by atoms with E-state index in [0.717, 1.165) is 13.8 Å². The van der Waals surface area contributed by atoms with Crippen LogP contribution in [0.2, 0.25) is 0 Å². The number of carbonyl (C=O) groups is 2. The van der Waals surface area contributed by atoms with Crippen molar-refractivity contribution in [2.24, 2.45) is 0 Å². The van der Waals surface area contributed by atoms with Gasteiger partial charge in [-0.05, 0) is 0 Å². The summed E-state index contributed by atoms with van der Waals surface area (Å²) in [4.78, 5) is 21.2. The lowest BCUT2D eigenvalue weighted by atomic mass is 10.1. The van der Waals surface area contributed by atoms with E-state index in [-0.39, 0.29) is 0 Å². The van der Waals surface area contributed by atoms with E-state index in [0.29, 0.717) is 0 Å². The first kappa shape index (κ1) is 13.8. The van der Waals surface area contributed by atoms with E-state index in [1.807, 2.05) is 0 Å². The lowest BCUT2D eigenvalue weighted by molar-refractivity contribution is -0.205. The molecule has 0 aromatic heterocycles. The molecule has 0 bridgehead atoms. The van der Waals surface area contributed by atoms with Crippen LogP contribution in [0.5, 0.6) is 0 Å². The van der Waals surface area contributed by atoms with E-state index in [1.54, 1.807) is 0 Å². The zero-order valence-corrected chi connectivity index (χ0v) is 9.18. The minimum atomic E-state index is -3.74. The Kier molecular flexibility index (Phi) is 3.99. The van der Waals surface area contributed by atoms with Crippen LogP contribution in [-0.2, 0) is 23.8 Å². The number of hydrogen-bond acceptors (Lipinski definition) is 6. The third-order valence-electron chi connectivity index (χ3n) is 2.09. The van der Waals surface area contributed by atoms with Crippen molar-refractivity contribution in [3.8, 4) is 0 Å². The van der Waals surface area contributed by atoms with Crippen LogP contribution in [0.4, 0.5) is 8.78 Å². The molecule has 1 fully saturated rings. The van der Waals surface area contributed by atoms with Crippen LogP contribution in [0.1, 0.15) is 13.8 Å². The van der Waals surface area contributed by atoms with Crippen molar-refractivity contribution < 1.29 is 37.7 Å². The van der Waals surface area contributed by atoms with E-state index >= 15 is 0 Å². The van der Waals surface area contributed by atoms with E-state index in [1.165, 1.54) is 0 Å². The summed E-state index contributed by atoms with van der Waals surface area (Å²) >= 11 is 0. The van der Waals surface area contributed by atoms with Crippen molar-refractivity contribution in [2.45, 2.75) is 38.3 Å². The average molecular weight is 254 g/mol. The standard InChI is InChI=1S/C9H12F2O6/c1-4(12)15-3-6-7(16-5(2)13)9(10,11)8(14)17-6/h6-8,14H,3H2,1-2H3/t6-,7-,8?/m1/s1. The largest absolute Gasteiger partial charge is 0.463 e. The highest BCUT2D eigenvalue weighted by atomic mass is 19.3. The van der Waals surface area contributed by atoms with Crippen LogP contribution in [0.3, 0.4) is 0 Å². The first-order valence-corrected chi connectivity index (χ1v) is 4.77. The molecule has 0 saturated carbocycles. The van der Waals surface area contributed by atoms with Gasteiger partial charge in [-0.3, -0.25) is 9.59 Å². The second kappa shape index (κ2) is 4.92. The topological polar surface area (TPSA) is 82.1 Å². The first-order chi connectivity index (χ1) is 7.75. The van der Waals surface area contributed by atoms with Crippen molar-refractivity contribution in [3.05, 3.63) is 0 Å². The van der Waals surface area contributed by atoms with Crippen molar-refractivity contribution in [1.82, 2.24) is 0 Å². The molecule has 8 heteroatoms.